The molecule has 2 aromatic rings. The van der Waals surface area contributed by atoms with Crippen molar-refractivity contribution in [2.75, 3.05) is 5.32 Å². The lowest BCUT2D eigenvalue weighted by Crippen LogP contribution is -2.33. The average Bonchev–Trinajstić information content (AvgIpc) is 2.41. The van der Waals surface area contributed by atoms with Crippen LogP contribution in [0.3, 0.4) is 0 Å². The van der Waals surface area contributed by atoms with Crippen LogP contribution in [0.1, 0.15) is 25.7 Å². The van der Waals surface area contributed by atoms with Crippen molar-refractivity contribution in [3.63, 3.8) is 0 Å². The second kappa shape index (κ2) is 4.97. The van der Waals surface area contributed by atoms with Crippen molar-refractivity contribution in [2.24, 2.45) is 5.73 Å². The van der Waals surface area contributed by atoms with Crippen LogP contribution in [0, 0.1) is 0 Å². The van der Waals surface area contributed by atoms with Gasteiger partial charge >= 0.3 is 0 Å². The van der Waals surface area contributed by atoms with Crippen molar-refractivity contribution < 1.29 is 0 Å². The summed E-state index contributed by atoms with van der Waals surface area (Å²) in [5.74, 6) is 0.565. The Balaban J connectivity index is 1.79. The minimum atomic E-state index is -0.152. The van der Waals surface area contributed by atoms with Crippen LogP contribution < -0.4 is 16.6 Å². The molecule has 0 radical (unpaired) electrons. The molecule has 1 aliphatic carbocycles. The highest BCUT2D eigenvalue weighted by molar-refractivity contribution is 5.74. The van der Waals surface area contributed by atoms with Gasteiger partial charge in [0.2, 0.25) is 11.5 Å². The largest absolute Gasteiger partial charge is 0.351 e. The molecule has 1 fully saturated rings. The molecule has 100 valence electrons. The summed E-state index contributed by atoms with van der Waals surface area (Å²) in [5, 5.41) is 4.14. The van der Waals surface area contributed by atoms with E-state index in [1.165, 1.54) is 6.07 Å². The molecule has 0 amide bonds. The Bertz CT molecular complexity index is 630. The van der Waals surface area contributed by atoms with Gasteiger partial charge in [-0.3, -0.25) is 4.79 Å². The van der Waals surface area contributed by atoms with Crippen LogP contribution in [0.15, 0.2) is 23.1 Å². The topological polar surface area (TPSA) is 96.7 Å². The molecule has 4 N–H and O–H groups in total. The van der Waals surface area contributed by atoms with E-state index in [2.05, 4.69) is 20.3 Å². The maximum atomic E-state index is 11.3. The molecule has 2 aromatic heterocycles. The zero-order valence-electron chi connectivity index (χ0n) is 10.6. The second-order valence-electron chi connectivity index (χ2n) is 5.08. The Morgan fingerprint density at radius 1 is 1.26 bits per heavy atom. The number of aromatic nitrogens is 3. The van der Waals surface area contributed by atoms with Gasteiger partial charge in [-0.05, 0) is 31.7 Å². The Labute approximate surface area is 110 Å². The molecular formula is C13H17N5O. The number of hydrogen-bond acceptors (Lipinski definition) is 5. The number of H-pyrrole nitrogens is 1. The van der Waals surface area contributed by atoms with E-state index in [1.807, 2.05) is 0 Å². The van der Waals surface area contributed by atoms with Crippen LogP contribution in [-0.4, -0.2) is 27.0 Å². The Kier molecular flexibility index (Phi) is 3.16. The third-order valence-corrected chi connectivity index (χ3v) is 3.58. The van der Waals surface area contributed by atoms with Crippen LogP contribution in [0.4, 0.5) is 5.95 Å². The normalized spacial score (nSPS) is 23.4. The van der Waals surface area contributed by atoms with Crippen molar-refractivity contribution in [1.82, 2.24) is 15.0 Å². The van der Waals surface area contributed by atoms with Crippen molar-refractivity contribution in [3.8, 4) is 0 Å². The predicted molar refractivity (Wildman–Crippen MR) is 74.0 cm³/mol. The molecule has 0 atom stereocenters. The van der Waals surface area contributed by atoms with E-state index in [4.69, 9.17) is 5.73 Å². The summed E-state index contributed by atoms with van der Waals surface area (Å²) < 4.78 is 0. The lowest BCUT2D eigenvalue weighted by molar-refractivity contribution is 0.410. The number of fused-ring (bicyclic) bond motifs is 1. The number of hydrogen-bond donors (Lipinski definition) is 3. The quantitative estimate of drug-likeness (QED) is 0.747. The van der Waals surface area contributed by atoms with Gasteiger partial charge in [0, 0.05) is 29.7 Å². The summed E-state index contributed by atoms with van der Waals surface area (Å²) in [4.78, 5) is 22.6. The molecular weight excluding hydrogens is 242 g/mol. The first-order chi connectivity index (χ1) is 9.20. The summed E-state index contributed by atoms with van der Waals surface area (Å²) in [6, 6.07) is 3.89. The number of aromatic amines is 1. The highest BCUT2D eigenvalue weighted by Crippen LogP contribution is 2.20. The van der Waals surface area contributed by atoms with E-state index in [1.54, 1.807) is 12.3 Å². The third-order valence-electron chi connectivity index (χ3n) is 3.58. The Morgan fingerprint density at radius 2 is 2.05 bits per heavy atom. The number of pyridine rings is 1. The molecule has 6 nitrogen and oxygen atoms in total. The number of rotatable bonds is 2. The molecule has 6 heteroatoms. The first-order valence-electron chi connectivity index (χ1n) is 6.59. The maximum Gasteiger partial charge on any atom is 0.249 e. The smallest absolute Gasteiger partial charge is 0.249 e. The molecule has 0 unspecified atom stereocenters. The second-order valence-corrected chi connectivity index (χ2v) is 5.08. The zero-order chi connectivity index (χ0) is 13.2. The predicted octanol–water partition coefficient (Wildman–Crippen LogP) is 1.000. The maximum absolute atomic E-state index is 11.3. The number of anilines is 1. The van der Waals surface area contributed by atoms with Crippen molar-refractivity contribution in [3.05, 3.63) is 28.7 Å². The van der Waals surface area contributed by atoms with Gasteiger partial charge in [-0.15, -0.1) is 0 Å². The molecule has 1 aliphatic rings. The minimum Gasteiger partial charge on any atom is -0.351 e. The molecule has 0 bridgehead atoms. The highest BCUT2D eigenvalue weighted by atomic mass is 16.1. The van der Waals surface area contributed by atoms with E-state index in [0.717, 1.165) is 31.1 Å². The van der Waals surface area contributed by atoms with Crippen molar-refractivity contribution in [2.45, 2.75) is 37.8 Å². The van der Waals surface area contributed by atoms with Crippen molar-refractivity contribution in [1.29, 1.82) is 0 Å². The van der Waals surface area contributed by atoms with Gasteiger partial charge in [-0.2, -0.15) is 4.98 Å². The van der Waals surface area contributed by atoms with E-state index in [9.17, 15) is 4.79 Å². The van der Waals surface area contributed by atoms with Gasteiger partial charge in [-0.25, -0.2) is 4.98 Å². The van der Waals surface area contributed by atoms with Gasteiger partial charge in [0.1, 0.15) is 5.65 Å². The van der Waals surface area contributed by atoms with E-state index >= 15 is 0 Å². The van der Waals surface area contributed by atoms with Gasteiger partial charge in [0.15, 0.2) is 0 Å². The summed E-state index contributed by atoms with van der Waals surface area (Å²) in [5.41, 5.74) is 6.30. The first kappa shape index (κ1) is 12.1. The van der Waals surface area contributed by atoms with Crippen LogP contribution in [0.2, 0.25) is 0 Å². The van der Waals surface area contributed by atoms with Gasteiger partial charge in [-0.1, -0.05) is 0 Å². The van der Waals surface area contributed by atoms with Crippen LogP contribution in [-0.2, 0) is 0 Å². The molecule has 0 aliphatic heterocycles. The SMILES string of the molecule is N[C@H]1CC[C@H](Nc2ncc3ccc(=O)[nH]c3n2)CC1. The average molecular weight is 259 g/mol. The lowest BCUT2D eigenvalue weighted by Gasteiger charge is -2.26. The molecule has 0 spiro atoms. The summed E-state index contributed by atoms with van der Waals surface area (Å²) in [6.07, 6.45) is 5.85. The lowest BCUT2D eigenvalue weighted by atomic mass is 9.92. The number of nitrogens with two attached hydrogens (primary N) is 1. The summed E-state index contributed by atoms with van der Waals surface area (Å²) in [7, 11) is 0. The monoisotopic (exact) mass is 259 g/mol. The molecule has 19 heavy (non-hydrogen) atoms. The van der Waals surface area contributed by atoms with E-state index in [0.29, 0.717) is 23.7 Å². The fraction of sp³-hybridized carbons (Fsp3) is 0.462. The van der Waals surface area contributed by atoms with Crippen LogP contribution >= 0.6 is 0 Å². The fourth-order valence-corrected chi connectivity index (χ4v) is 2.45. The highest BCUT2D eigenvalue weighted by Gasteiger charge is 2.18. The Morgan fingerprint density at radius 3 is 2.84 bits per heavy atom. The van der Waals surface area contributed by atoms with E-state index < -0.39 is 0 Å². The van der Waals surface area contributed by atoms with Gasteiger partial charge in [0.25, 0.3) is 0 Å². The molecule has 0 saturated heterocycles. The Hall–Kier alpha value is -1.95. The van der Waals surface area contributed by atoms with Crippen molar-refractivity contribution >= 4 is 17.0 Å². The number of nitrogens with zero attached hydrogens (tertiary/aromatic N) is 2. The fourth-order valence-electron chi connectivity index (χ4n) is 2.45. The molecule has 3 rings (SSSR count). The first-order valence-corrected chi connectivity index (χ1v) is 6.59. The standard InChI is InChI=1S/C13H17N5O/c14-9-2-4-10(5-3-9)16-13-15-7-8-1-6-11(19)17-12(8)18-13/h1,6-7,9-10H,2-5,14H2,(H2,15,16,17,18,19)/t9-,10-. The number of nitrogens with one attached hydrogen (secondary N) is 2. The van der Waals surface area contributed by atoms with Crippen LogP contribution in [0.5, 0.6) is 0 Å². The molecule has 1 saturated carbocycles. The summed E-state index contributed by atoms with van der Waals surface area (Å²) in [6.45, 7) is 0. The van der Waals surface area contributed by atoms with E-state index in [-0.39, 0.29) is 5.56 Å². The van der Waals surface area contributed by atoms with Crippen LogP contribution in [0.25, 0.3) is 11.0 Å². The molecule has 2 heterocycles. The molecule has 0 aromatic carbocycles. The van der Waals surface area contributed by atoms with Gasteiger partial charge in [0.05, 0.1) is 0 Å². The summed E-state index contributed by atoms with van der Waals surface area (Å²) >= 11 is 0. The van der Waals surface area contributed by atoms with Gasteiger partial charge < -0.3 is 16.0 Å². The third kappa shape index (κ3) is 2.73. The minimum absolute atomic E-state index is 0.152. The zero-order valence-corrected chi connectivity index (χ0v) is 10.6.